The summed E-state index contributed by atoms with van der Waals surface area (Å²) >= 11 is 0. The molecular formula is C19H31NO. The zero-order chi connectivity index (χ0) is 15.8. The minimum Gasteiger partial charge on any atom is -0.375 e. The number of nitrogens with one attached hydrogen (secondary N) is 1. The fourth-order valence-corrected chi connectivity index (χ4v) is 3.64. The first-order chi connectivity index (χ1) is 9.75. The van der Waals surface area contributed by atoms with Crippen LogP contribution in [-0.4, -0.2) is 19.3 Å². The molecule has 0 aliphatic carbocycles. The average molecular weight is 289 g/mol. The summed E-state index contributed by atoms with van der Waals surface area (Å²) in [4.78, 5) is 0. The Hall–Kier alpha value is -0.860. The van der Waals surface area contributed by atoms with Crippen LogP contribution in [0.25, 0.3) is 0 Å². The van der Waals surface area contributed by atoms with Crippen LogP contribution in [0.1, 0.15) is 58.7 Å². The molecule has 5 unspecified atom stereocenters. The van der Waals surface area contributed by atoms with Crippen molar-refractivity contribution >= 4 is 0 Å². The molecule has 0 amide bonds. The third-order valence-electron chi connectivity index (χ3n) is 5.15. The minimum absolute atomic E-state index is 0.208. The lowest BCUT2D eigenvalue weighted by Gasteiger charge is -2.30. The Bertz CT molecular complexity index is 459. The molecule has 1 aliphatic heterocycles. The van der Waals surface area contributed by atoms with Gasteiger partial charge in [0.1, 0.15) is 0 Å². The molecule has 1 aliphatic rings. The molecule has 118 valence electrons. The summed E-state index contributed by atoms with van der Waals surface area (Å²) in [5.41, 5.74) is 2.96. The van der Waals surface area contributed by atoms with Crippen molar-refractivity contribution in [3.05, 3.63) is 35.4 Å². The number of ether oxygens (including phenoxy) is 1. The smallest absolute Gasteiger partial charge is 0.0600 e. The third kappa shape index (κ3) is 3.32. The van der Waals surface area contributed by atoms with Gasteiger partial charge < -0.3 is 10.1 Å². The number of benzene rings is 1. The van der Waals surface area contributed by atoms with E-state index in [9.17, 15) is 0 Å². The van der Waals surface area contributed by atoms with E-state index in [1.54, 1.807) is 0 Å². The van der Waals surface area contributed by atoms with E-state index in [4.69, 9.17) is 4.74 Å². The van der Waals surface area contributed by atoms with Crippen molar-refractivity contribution in [2.24, 2.45) is 11.8 Å². The van der Waals surface area contributed by atoms with Crippen LogP contribution in [0.2, 0.25) is 0 Å². The van der Waals surface area contributed by atoms with E-state index < -0.39 is 0 Å². The number of hydrogen-bond acceptors (Lipinski definition) is 2. The van der Waals surface area contributed by atoms with Gasteiger partial charge in [0.2, 0.25) is 0 Å². The molecule has 0 saturated carbocycles. The van der Waals surface area contributed by atoms with Gasteiger partial charge in [-0.25, -0.2) is 0 Å². The predicted octanol–water partition coefficient (Wildman–Crippen LogP) is 4.30. The highest BCUT2D eigenvalue weighted by molar-refractivity contribution is 5.30. The van der Waals surface area contributed by atoms with E-state index in [1.165, 1.54) is 11.1 Å². The summed E-state index contributed by atoms with van der Waals surface area (Å²) in [7, 11) is 2.06. The molecule has 5 atom stereocenters. The Balaban J connectivity index is 2.26. The standard InChI is InChI=1S/C19H31NO/c1-12-13(2)21-14(3)17(12)18(20-7)15-8-10-16(11-9-15)19(4,5)6/h8-14,17-18,20H,1-7H3. The monoisotopic (exact) mass is 289 g/mol. The maximum absolute atomic E-state index is 6.03. The van der Waals surface area contributed by atoms with E-state index >= 15 is 0 Å². The van der Waals surface area contributed by atoms with Crippen LogP contribution in [0.3, 0.4) is 0 Å². The van der Waals surface area contributed by atoms with Crippen molar-refractivity contribution in [3.8, 4) is 0 Å². The molecule has 1 fully saturated rings. The van der Waals surface area contributed by atoms with Gasteiger partial charge in [0.05, 0.1) is 12.2 Å². The molecule has 1 N–H and O–H groups in total. The van der Waals surface area contributed by atoms with Gasteiger partial charge in [0.15, 0.2) is 0 Å². The SMILES string of the molecule is CNC(c1ccc(C(C)(C)C)cc1)C1C(C)OC(C)C1C. The van der Waals surface area contributed by atoms with Gasteiger partial charge in [-0.3, -0.25) is 0 Å². The predicted molar refractivity (Wildman–Crippen MR) is 89.6 cm³/mol. The Labute approximate surface area is 130 Å². The van der Waals surface area contributed by atoms with E-state index in [0.29, 0.717) is 30.1 Å². The van der Waals surface area contributed by atoms with Crippen LogP contribution >= 0.6 is 0 Å². The summed E-state index contributed by atoms with van der Waals surface area (Å²) in [5, 5.41) is 3.52. The second-order valence-electron chi connectivity index (χ2n) is 7.62. The fraction of sp³-hybridized carbons (Fsp3) is 0.684. The molecular weight excluding hydrogens is 258 g/mol. The summed E-state index contributed by atoms with van der Waals surface area (Å²) in [6.45, 7) is 13.5. The second-order valence-corrected chi connectivity index (χ2v) is 7.62. The van der Waals surface area contributed by atoms with E-state index in [1.807, 2.05) is 0 Å². The number of hydrogen-bond donors (Lipinski definition) is 1. The lowest BCUT2D eigenvalue weighted by Crippen LogP contribution is -2.33. The molecule has 0 bridgehead atoms. The molecule has 2 heteroatoms. The highest BCUT2D eigenvalue weighted by Gasteiger charge is 2.41. The van der Waals surface area contributed by atoms with E-state index in [-0.39, 0.29) is 5.41 Å². The molecule has 21 heavy (non-hydrogen) atoms. The van der Waals surface area contributed by atoms with Crippen molar-refractivity contribution < 1.29 is 4.74 Å². The maximum atomic E-state index is 6.03. The molecule has 2 nitrogen and oxygen atoms in total. The third-order valence-corrected chi connectivity index (χ3v) is 5.15. The molecule has 1 aromatic rings. The van der Waals surface area contributed by atoms with Gasteiger partial charge in [-0.05, 0) is 43.4 Å². The first-order valence-electron chi connectivity index (χ1n) is 8.19. The quantitative estimate of drug-likeness (QED) is 0.895. The van der Waals surface area contributed by atoms with Crippen molar-refractivity contribution in [2.45, 2.75) is 65.2 Å². The molecule has 0 aromatic heterocycles. The molecule has 0 radical (unpaired) electrons. The summed E-state index contributed by atoms with van der Waals surface area (Å²) in [6, 6.07) is 9.46. The van der Waals surface area contributed by atoms with Crippen molar-refractivity contribution in [1.82, 2.24) is 5.32 Å². The highest BCUT2D eigenvalue weighted by Crippen LogP contribution is 2.40. The van der Waals surface area contributed by atoms with Gasteiger partial charge in [-0.2, -0.15) is 0 Å². The average Bonchev–Trinajstić information content (AvgIpc) is 2.66. The Kier molecular flexibility index (Phi) is 4.79. The Morgan fingerprint density at radius 2 is 1.57 bits per heavy atom. The maximum Gasteiger partial charge on any atom is 0.0600 e. The largest absolute Gasteiger partial charge is 0.375 e. The van der Waals surface area contributed by atoms with Crippen LogP contribution in [-0.2, 0) is 10.2 Å². The van der Waals surface area contributed by atoms with Crippen LogP contribution < -0.4 is 5.32 Å². The van der Waals surface area contributed by atoms with E-state index in [2.05, 4.69) is 78.2 Å². The first kappa shape index (κ1) is 16.5. The van der Waals surface area contributed by atoms with Gasteiger partial charge in [-0.1, -0.05) is 52.0 Å². The topological polar surface area (TPSA) is 21.3 Å². The van der Waals surface area contributed by atoms with Crippen molar-refractivity contribution in [2.75, 3.05) is 7.05 Å². The minimum atomic E-state index is 0.208. The van der Waals surface area contributed by atoms with Gasteiger partial charge in [-0.15, -0.1) is 0 Å². The Morgan fingerprint density at radius 1 is 1.00 bits per heavy atom. The Morgan fingerprint density at radius 3 is 1.95 bits per heavy atom. The molecule has 0 spiro atoms. The van der Waals surface area contributed by atoms with Crippen LogP contribution in [0.15, 0.2) is 24.3 Å². The zero-order valence-electron chi connectivity index (χ0n) is 14.6. The lowest BCUT2D eigenvalue weighted by molar-refractivity contribution is 0.0478. The van der Waals surface area contributed by atoms with Crippen molar-refractivity contribution in [1.29, 1.82) is 0 Å². The summed E-state index contributed by atoms with van der Waals surface area (Å²) < 4.78 is 6.03. The number of rotatable bonds is 3. The molecule has 1 aromatic carbocycles. The van der Waals surface area contributed by atoms with Gasteiger partial charge in [0.25, 0.3) is 0 Å². The van der Waals surface area contributed by atoms with Crippen LogP contribution in [0.5, 0.6) is 0 Å². The van der Waals surface area contributed by atoms with Crippen molar-refractivity contribution in [3.63, 3.8) is 0 Å². The normalized spacial score (nSPS) is 31.4. The first-order valence-corrected chi connectivity index (χ1v) is 8.19. The summed E-state index contributed by atoms with van der Waals surface area (Å²) in [5.74, 6) is 1.09. The molecule has 1 saturated heterocycles. The fourth-order valence-electron chi connectivity index (χ4n) is 3.64. The zero-order valence-corrected chi connectivity index (χ0v) is 14.6. The molecule has 2 rings (SSSR count). The van der Waals surface area contributed by atoms with E-state index in [0.717, 1.165) is 0 Å². The van der Waals surface area contributed by atoms with Gasteiger partial charge in [0, 0.05) is 12.0 Å². The van der Waals surface area contributed by atoms with Crippen LogP contribution in [0, 0.1) is 11.8 Å². The van der Waals surface area contributed by atoms with Crippen LogP contribution in [0.4, 0.5) is 0 Å². The highest BCUT2D eigenvalue weighted by atomic mass is 16.5. The molecule has 1 heterocycles. The lowest BCUT2D eigenvalue weighted by atomic mass is 9.79. The second kappa shape index (κ2) is 6.10. The van der Waals surface area contributed by atoms with Gasteiger partial charge >= 0.3 is 0 Å². The summed E-state index contributed by atoms with van der Waals surface area (Å²) in [6.07, 6.45) is 0.643.